The Bertz CT molecular complexity index is 885. The Morgan fingerprint density at radius 2 is 2.12 bits per heavy atom. The zero-order chi connectivity index (χ0) is 18.9. The second-order valence-electron chi connectivity index (χ2n) is 7.76. The zero-order valence-corrected chi connectivity index (χ0v) is 16.9. The molecule has 0 spiro atoms. The number of hydrogen-bond donors (Lipinski definition) is 0. The van der Waals surface area contributed by atoms with Gasteiger partial charge >= 0.3 is 0 Å². The molecule has 0 N–H and O–H groups in total. The topological polar surface area (TPSA) is 46.6 Å². The van der Waals surface area contributed by atoms with Crippen LogP contribution in [0.4, 0.5) is 0 Å². The second-order valence-corrected chi connectivity index (χ2v) is 8.90. The van der Waals surface area contributed by atoms with Crippen LogP contribution in [-0.2, 0) is 17.6 Å². The molecule has 1 aliphatic rings. The highest BCUT2D eigenvalue weighted by Crippen LogP contribution is 2.37. The van der Waals surface area contributed by atoms with Crippen LogP contribution < -0.4 is 5.43 Å². The number of amides is 1. The van der Waals surface area contributed by atoms with E-state index in [-0.39, 0.29) is 16.8 Å². The van der Waals surface area contributed by atoms with Gasteiger partial charge in [-0.15, -0.1) is 11.3 Å². The molecule has 0 atom stereocenters. The molecule has 26 heavy (non-hydrogen) atoms. The highest BCUT2D eigenvalue weighted by molar-refractivity contribution is 7.18. The van der Waals surface area contributed by atoms with Crippen molar-refractivity contribution < 1.29 is 9.53 Å². The fraction of sp³-hybridized carbons (Fsp3) is 0.524. The van der Waals surface area contributed by atoms with E-state index in [0.717, 1.165) is 34.9 Å². The minimum atomic E-state index is -0.0100. The first-order chi connectivity index (χ1) is 12.4. The third-order valence-corrected chi connectivity index (χ3v) is 6.44. The summed E-state index contributed by atoms with van der Waals surface area (Å²) in [6, 6.07) is 5.50. The van der Waals surface area contributed by atoms with Gasteiger partial charge in [0.15, 0.2) is 5.43 Å². The smallest absolute Gasteiger partial charge is 0.253 e. The highest BCUT2D eigenvalue weighted by Gasteiger charge is 2.28. The number of methoxy groups -OCH3 is 1. The molecule has 1 heterocycles. The molecule has 0 radical (unpaired) electrons. The van der Waals surface area contributed by atoms with Crippen LogP contribution in [0.15, 0.2) is 23.0 Å². The third-order valence-electron chi connectivity index (χ3n) is 5.24. The van der Waals surface area contributed by atoms with Crippen molar-refractivity contribution in [2.45, 2.75) is 40.0 Å². The van der Waals surface area contributed by atoms with Crippen molar-refractivity contribution in [2.24, 2.45) is 5.41 Å². The maximum absolute atomic E-state index is 12.9. The lowest BCUT2D eigenvalue weighted by molar-refractivity contribution is 0.0706. The van der Waals surface area contributed by atoms with Crippen LogP contribution in [0.2, 0.25) is 0 Å². The van der Waals surface area contributed by atoms with Gasteiger partial charge in [0.2, 0.25) is 0 Å². The van der Waals surface area contributed by atoms with Crippen molar-refractivity contribution in [1.82, 2.24) is 4.90 Å². The first-order valence-electron chi connectivity index (χ1n) is 9.23. The van der Waals surface area contributed by atoms with Gasteiger partial charge in [0.05, 0.1) is 6.61 Å². The van der Waals surface area contributed by atoms with E-state index in [2.05, 4.69) is 13.8 Å². The molecule has 0 saturated carbocycles. The van der Waals surface area contributed by atoms with Gasteiger partial charge < -0.3 is 9.64 Å². The number of hydrogen-bond acceptors (Lipinski definition) is 4. The van der Waals surface area contributed by atoms with Crippen molar-refractivity contribution in [2.75, 3.05) is 26.8 Å². The summed E-state index contributed by atoms with van der Waals surface area (Å²) in [6.07, 6.45) is 2.84. The Kier molecular flexibility index (Phi) is 5.49. The molecule has 0 fully saturated rings. The van der Waals surface area contributed by atoms with E-state index >= 15 is 0 Å². The van der Waals surface area contributed by atoms with Gasteiger partial charge in [0.25, 0.3) is 5.91 Å². The third kappa shape index (κ3) is 3.69. The number of fused-ring (bicyclic) bond motifs is 2. The van der Waals surface area contributed by atoms with Crippen LogP contribution >= 0.6 is 11.3 Å². The minimum Gasteiger partial charge on any atom is -0.383 e. The molecule has 3 rings (SSSR count). The number of carbonyl (C=O) groups is 1. The Balaban J connectivity index is 2.01. The fourth-order valence-corrected chi connectivity index (χ4v) is 5.08. The molecule has 5 heteroatoms. The Morgan fingerprint density at radius 3 is 2.81 bits per heavy atom. The van der Waals surface area contributed by atoms with Crippen molar-refractivity contribution in [3.8, 4) is 0 Å². The highest BCUT2D eigenvalue weighted by atomic mass is 32.1. The van der Waals surface area contributed by atoms with Crippen LogP contribution in [0.5, 0.6) is 0 Å². The van der Waals surface area contributed by atoms with E-state index in [4.69, 9.17) is 4.74 Å². The number of rotatable bonds is 5. The minimum absolute atomic E-state index is 0.0100. The van der Waals surface area contributed by atoms with Gasteiger partial charge in [-0.3, -0.25) is 9.59 Å². The van der Waals surface area contributed by atoms with Crippen LogP contribution in [0.25, 0.3) is 10.1 Å². The summed E-state index contributed by atoms with van der Waals surface area (Å²) in [5.41, 5.74) is 2.00. The Hall–Kier alpha value is -1.72. The molecular formula is C21H27NO3S. The molecule has 4 nitrogen and oxygen atoms in total. The van der Waals surface area contributed by atoms with E-state index in [1.807, 2.05) is 19.1 Å². The van der Waals surface area contributed by atoms with Gasteiger partial charge in [0.1, 0.15) is 0 Å². The number of nitrogens with zero attached hydrogens (tertiary/aromatic N) is 1. The van der Waals surface area contributed by atoms with Crippen molar-refractivity contribution in [3.05, 3.63) is 44.4 Å². The SMILES string of the molecule is CCN(CCOC)C(=O)c1ccc2c(=O)c3c(sc2c1)CC(C)(C)CC3. The lowest BCUT2D eigenvalue weighted by Crippen LogP contribution is -2.33. The average Bonchev–Trinajstić information content (AvgIpc) is 2.60. The fourth-order valence-electron chi connectivity index (χ4n) is 3.58. The predicted octanol–water partition coefficient (Wildman–Crippen LogP) is 3.88. The molecule has 1 amide bonds. The first kappa shape index (κ1) is 19.1. The van der Waals surface area contributed by atoms with E-state index in [9.17, 15) is 9.59 Å². The molecule has 0 bridgehead atoms. The maximum Gasteiger partial charge on any atom is 0.253 e. The maximum atomic E-state index is 12.9. The number of carbonyl (C=O) groups excluding carboxylic acids is 1. The summed E-state index contributed by atoms with van der Waals surface area (Å²) in [5, 5.41) is 0.741. The van der Waals surface area contributed by atoms with Crippen molar-refractivity contribution in [3.63, 3.8) is 0 Å². The molecule has 0 aliphatic heterocycles. The second kappa shape index (κ2) is 7.49. The van der Waals surface area contributed by atoms with Gasteiger partial charge in [0, 0.05) is 46.3 Å². The van der Waals surface area contributed by atoms with Gasteiger partial charge in [-0.05, 0) is 49.8 Å². The Labute approximate surface area is 158 Å². The number of benzene rings is 1. The van der Waals surface area contributed by atoms with Crippen LogP contribution in [0, 0.1) is 5.41 Å². The average molecular weight is 374 g/mol. The zero-order valence-electron chi connectivity index (χ0n) is 16.1. The van der Waals surface area contributed by atoms with E-state index < -0.39 is 0 Å². The first-order valence-corrected chi connectivity index (χ1v) is 10.0. The lowest BCUT2D eigenvalue weighted by Gasteiger charge is -2.30. The summed E-state index contributed by atoms with van der Waals surface area (Å²) < 4.78 is 6.01. The largest absolute Gasteiger partial charge is 0.383 e. The number of ether oxygens (including phenoxy) is 1. The normalized spacial score (nSPS) is 15.7. The monoisotopic (exact) mass is 373 g/mol. The molecule has 1 aromatic carbocycles. The van der Waals surface area contributed by atoms with E-state index in [1.54, 1.807) is 29.4 Å². The van der Waals surface area contributed by atoms with Gasteiger partial charge in [-0.25, -0.2) is 0 Å². The molecule has 0 saturated heterocycles. The molecule has 0 unspecified atom stereocenters. The van der Waals surface area contributed by atoms with E-state index in [1.165, 1.54) is 4.88 Å². The van der Waals surface area contributed by atoms with Gasteiger partial charge in [-0.1, -0.05) is 13.8 Å². The summed E-state index contributed by atoms with van der Waals surface area (Å²) in [4.78, 5) is 28.7. The van der Waals surface area contributed by atoms with Crippen LogP contribution in [0.3, 0.4) is 0 Å². The number of likely N-dealkylation sites (N-methyl/N-ethyl adjacent to an activating group) is 1. The molecule has 1 aromatic heterocycles. The van der Waals surface area contributed by atoms with Gasteiger partial charge in [-0.2, -0.15) is 0 Å². The van der Waals surface area contributed by atoms with Crippen molar-refractivity contribution in [1.29, 1.82) is 0 Å². The summed E-state index contributed by atoms with van der Waals surface area (Å²) >= 11 is 1.68. The Morgan fingerprint density at radius 1 is 1.35 bits per heavy atom. The predicted molar refractivity (Wildman–Crippen MR) is 107 cm³/mol. The molecule has 2 aromatic rings. The van der Waals surface area contributed by atoms with Crippen molar-refractivity contribution >= 4 is 27.3 Å². The van der Waals surface area contributed by atoms with E-state index in [0.29, 0.717) is 25.3 Å². The summed E-state index contributed by atoms with van der Waals surface area (Å²) in [7, 11) is 1.64. The molecular weight excluding hydrogens is 346 g/mol. The lowest BCUT2D eigenvalue weighted by atomic mass is 9.77. The standard InChI is InChI=1S/C21H27NO3S/c1-5-22(10-11-25-4)20(24)14-6-7-15-17(12-14)26-18-13-21(2,3)9-8-16(18)19(15)23/h6-7,12H,5,8-11,13H2,1-4H3. The molecule has 140 valence electrons. The molecule has 1 aliphatic carbocycles. The summed E-state index contributed by atoms with van der Waals surface area (Å²) in [6.45, 7) is 8.19. The van der Waals surface area contributed by atoms with Crippen LogP contribution in [0.1, 0.15) is 48.0 Å². The quantitative estimate of drug-likeness (QED) is 0.799. The van der Waals surface area contributed by atoms with Crippen LogP contribution in [-0.4, -0.2) is 37.6 Å². The summed E-state index contributed by atoms with van der Waals surface area (Å²) in [5.74, 6) is -0.0100.